The summed E-state index contributed by atoms with van der Waals surface area (Å²) in [5.74, 6) is 1.83. The molecule has 3 aromatic rings. The average molecular weight is 636 g/mol. The standard InChI is InChI=1S/C46H41N3/c1-2-15-37-31(10-1)26-27-47-44(37)36-14-8-13-35(29-36)34-12-7-11-33(28-34)30-22-24-32(25-23-30)46-48-42-20-9-19-41-39-17-4-3-16-38(39)40-18-5-6-21-43(40)49(46)45(41)42/h1-24,26,32-33,36,38-39,46-48H,25,27-29H2. The summed E-state index contributed by atoms with van der Waals surface area (Å²) in [6.07, 6.45) is 36.3. The summed E-state index contributed by atoms with van der Waals surface area (Å²) < 4.78 is 0. The number of hydrogen-bond donors (Lipinski definition) is 2. The van der Waals surface area contributed by atoms with Gasteiger partial charge in [-0.25, -0.2) is 0 Å². The predicted molar refractivity (Wildman–Crippen MR) is 204 cm³/mol. The van der Waals surface area contributed by atoms with Gasteiger partial charge in [0.1, 0.15) is 6.17 Å². The van der Waals surface area contributed by atoms with Crippen molar-refractivity contribution in [1.82, 2.24) is 5.32 Å². The Morgan fingerprint density at radius 3 is 2.27 bits per heavy atom. The molecule has 7 aliphatic rings. The van der Waals surface area contributed by atoms with Crippen LogP contribution in [-0.4, -0.2) is 12.7 Å². The maximum atomic E-state index is 3.99. The molecule has 0 amide bonds. The second-order valence-electron chi connectivity index (χ2n) is 14.4. The SMILES string of the molecule is C1=CC(C2=CCC(C3Nc4cccc5c4N3c3ccccc3C3C=CC=CC53)C=C2)CC(C2=CC=CC(C3=c4ccccc4=CCN3)C2)=C1. The van der Waals surface area contributed by atoms with E-state index in [9.17, 15) is 0 Å². The number of anilines is 3. The third-order valence-corrected chi connectivity index (χ3v) is 11.7. The third kappa shape index (κ3) is 4.78. The van der Waals surface area contributed by atoms with E-state index in [1.165, 1.54) is 61.0 Å². The highest BCUT2D eigenvalue weighted by atomic mass is 15.3. The van der Waals surface area contributed by atoms with Gasteiger partial charge in [0, 0.05) is 52.7 Å². The largest absolute Gasteiger partial charge is 0.384 e. The first kappa shape index (κ1) is 28.7. The molecule has 0 saturated carbocycles. The molecule has 4 aliphatic carbocycles. The van der Waals surface area contributed by atoms with Crippen LogP contribution in [0.15, 0.2) is 162 Å². The second kappa shape index (κ2) is 11.7. The van der Waals surface area contributed by atoms with Crippen molar-refractivity contribution in [3.63, 3.8) is 0 Å². The molecule has 0 bridgehead atoms. The number of fused-ring (bicyclic) bond motifs is 6. The van der Waals surface area contributed by atoms with Crippen molar-refractivity contribution < 1.29 is 0 Å². The first-order valence-electron chi connectivity index (χ1n) is 18.1. The summed E-state index contributed by atoms with van der Waals surface area (Å²) in [5, 5.41) is 10.4. The molecule has 0 saturated heterocycles. The van der Waals surface area contributed by atoms with Crippen molar-refractivity contribution in [3.8, 4) is 0 Å². The molecule has 10 rings (SSSR count). The average Bonchev–Trinajstić information content (AvgIpc) is 3.52. The fourth-order valence-electron chi connectivity index (χ4n) is 9.38. The van der Waals surface area contributed by atoms with Gasteiger partial charge in [0.2, 0.25) is 0 Å². The Hall–Kier alpha value is -5.28. The molecule has 3 heterocycles. The van der Waals surface area contributed by atoms with E-state index in [4.69, 9.17) is 0 Å². The number of benzene rings is 3. The van der Waals surface area contributed by atoms with Crippen LogP contribution in [0.4, 0.5) is 17.1 Å². The molecular formula is C46H41N3. The highest BCUT2D eigenvalue weighted by molar-refractivity contribution is 5.89. The molecule has 3 aromatic carbocycles. The highest BCUT2D eigenvalue weighted by Crippen LogP contribution is 2.56. The predicted octanol–water partition coefficient (Wildman–Crippen LogP) is 8.58. The molecule has 0 spiro atoms. The van der Waals surface area contributed by atoms with Crippen LogP contribution >= 0.6 is 0 Å². The van der Waals surface area contributed by atoms with Gasteiger partial charge in [-0.3, -0.25) is 0 Å². The van der Waals surface area contributed by atoms with Gasteiger partial charge in [-0.1, -0.05) is 140 Å². The molecule has 6 atom stereocenters. The molecular weight excluding hydrogens is 595 g/mol. The quantitative estimate of drug-likeness (QED) is 0.301. The molecule has 2 N–H and O–H groups in total. The minimum absolute atomic E-state index is 0.168. The van der Waals surface area contributed by atoms with Gasteiger partial charge in [-0.2, -0.15) is 0 Å². The number of nitrogens with zero attached hydrogens (tertiary/aromatic N) is 1. The van der Waals surface area contributed by atoms with E-state index in [2.05, 4.69) is 167 Å². The van der Waals surface area contributed by atoms with Gasteiger partial charge >= 0.3 is 0 Å². The maximum absolute atomic E-state index is 3.99. The topological polar surface area (TPSA) is 27.3 Å². The molecule has 3 aliphatic heterocycles. The van der Waals surface area contributed by atoms with Crippen molar-refractivity contribution in [1.29, 1.82) is 0 Å². The molecule has 3 heteroatoms. The van der Waals surface area contributed by atoms with Crippen LogP contribution in [0.1, 0.15) is 42.2 Å². The second-order valence-corrected chi connectivity index (χ2v) is 14.4. The van der Waals surface area contributed by atoms with E-state index in [0.29, 0.717) is 29.6 Å². The summed E-state index contributed by atoms with van der Waals surface area (Å²) in [6, 6.07) is 24.7. The lowest BCUT2D eigenvalue weighted by Gasteiger charge is -2.34. The Balaban J connectivity index is 0.886. The van der Waals surface area contributed by atoms with Crippen LogP contribution in [0.25, 0.3) is 11.8 Å². The number of para-hydroxylation sites is 2. The van der Waals surface area contributed by atoms with Crippen LogP contribution in [0.5, 0.6) is 0 Å². The Labute approximate surface area is 289 Å². The summed E-state index contributed by atoms with van der Waals surface area (Å²) in [5.41, 5.74) is 12.5. The molecule has 49 heavy (non-hydrogen) atoms. The van der Waals surface area contributed by atoms with Crippen LogP contribution in [-0.2, 0) is 0 Å². The summed E-state index contributed by atoms with van der Waals surface area (Å²) in [7, 11) is 0. The lowest BCUT2D eigenvalue weighted by atomic mass is 9.78. The first-order valence-corrected chi connectivity index (χ1v) is 18.1. The van der Waals surface area contributed by atoms with Gasteiger partial charge in [-0.05, 0) is 64.5 Å². The van der Waals surface area contributed by atoms with Gasteiger partial charge in [-0.15, -0.1) is 0 Å². The minimum Gasteiger partial charge on any atom is -0.384 e. The maximum Gasteiger partial charge on any atom is 0.111 e. The molecule has 0 fully saturated rings. The highest BCUT2D eigenvalue weighted by Gasteiger charge is 2.42. The summed E-state index contributed by atoms with van der Waals surface area (Å²) in [4.78, 5) is 2.63. The van der Waals surface area contributed by atoms with Crippen molar-refractivity contribution in [3.05, 3.63) is 184 Å². The first-order chi connectivity index (χ1) is 24.3. The van der Waals surface area contributed by atoms with Gasteiger partial charge in [0.05, 0.1) is 11.4 Å². The summed E-state index contributed by atoms with van der Waals surface area (Å²) >= 11 is 0. The van der Waals surface area contributed by atoms with E-state index >= 15 is 0 Å². The van der Waals surface area contributed by atoms with Crippen LogP contribution < -0.4 is 26.0 Å². The third-order valence-electron chi connectivity index (χ3n) is 11.7. The number of hydrogen-bond acceptors (Lipinski definition) is 3. The lowest BCUT2D eigenvalue weighted by molar-refractivity contribution is 0.544. The van der Waals surface area contributed by atoms with Crippen molar-refractivity contribution in [2.45, 2.75) is 37.3 Å². The molecule has 6 unspecified atom stereocenters. The van der Waals surface area contributed by atoms with Crippen LogP contribution in [0, 0.1) is 17.8 Å². The van der Waals surface area contributed by atoms with E-state index in [1.807, 2.05) is 0 Å². The van der Waals surface area contributed by atoms with Crippen LogP contribution in [0.2, 0.25) is 0 Å². The summed E-state index contributed by atoms with van der Waals surface area (Å²) in [6.45, 7) is 0.897. The van der Waals surface area contributed by atoms with E-state index in [-0.39, 0.29) is 6.17 Å². The zero-order chi connectivity index (χ0) is 32.3. The fourth-order valence-corrected chi connectivity index (χ4v) is 9.38. The Bertz CT molecular complexity index is 2240. The van der Waals surface area contributed by atoms with Gasteiger partial charge in [0.25, 0.3) is 0 Å². The number of nitrogens with one attached hydrogen (secondary N) is 2. The Kier molecular flexibility index (Phi) is 6.85. The van der Waals surface area contributed by atoms with E-state index in [0.717, 1.165) is 25.8 Å². The van der Waals surface area contributed by atoms with Crippen LogP contribution in [0.3, 0.4) is 0 Å². The number of allylic oxidation sites excluding steroid dienone is 14. The van der Waals surface area contributed by atoms with Gasteiger partial charge < -0.3 is 15.5 Å². The minimum atomic E-state index is 0.168. The lowest BCUT2D eigenvalue weighted by Crippen LogP contribution is -2.39. The van der Waals surface area contributed by atoms with Crippen molar-refractivity contribution in [2.75, 3.05) is 16.8 Å². The Morgan fingerprint density at radius 2 is 1.41 bits per heavy atom. The zero-order valence-corrected chi connectivity index (χ0v) is 27.7. The smallest absolute Gasteiger partial charge is 0.111 e. The molecule has 0 radical (unpaired) electrons. The molecule has 0 aromatic heterocycles. The van der Waals surface area contributed by atoms with E-state index < -0.39 is 0 Å². The Morgan fingerprint density at radius 1 is 0.653 bits per heavy atom. The molecule has 240 valence electrons. The molecule has 3 nitrogen and oxygen atoms in total. The number of rotatable bonds is 4. The fraction of sp³-hybridized carbons (Fsp3) is 0.217. The monoisotopic (exact) mass is 635 g/mol. The normalized spacial score (nSPS) is 28.4. The van der Waals surface area contributed by atoms with Crippen molar-refractivity contribution in [2.24, 2.45) is 17.8 Å². The van der Waals surface area contributed by atoms with Gasteiger partial charge in [0.15, 0.2) is 0 Å². The van der Waals surface area contributed by atoms with E-state index in [1.54, 1.807) is 0 Å². The van der Waals surface area contributed by atoms with Crippen molar-refractivity contribution >= 4 is 28.8 Å². The zero-order valence-electron chi connectivity index (χ0n) is 27.7.